The monoisotopic (exact) mass is 193 g/mol. The lowest BCUT2D eigenvalue weighted by Crippen LogP contribution is -2.22. The van der Waals surface area contributed by atoms with Crippen LogP contribution >= 0.6 is 0 Å². The molecule has 0 aliphatic carbocycles. The summed E-state index contributed by atoms with van der Waals surface area (Å²) in [6.07, 6.45) is 3.40. The Hall–Kier alpha value is -1.34. The molecule has 0 bridgehead atoms. The van der Waals surface area contributed by atoms with Crippen molar-refractivity contribution >= 4 is 0 Å². The number of hydrogen-bond donors (Lipinski definition) is 0. The average Bonchev–Trinajstić information content (AvgIpc) is 2.49. The highest BCUT2D eigenvalue weighted by Gasteiger charge is 2.09. The fourth-order valence-corrected chi connectivity index (χ4v) is 1.05. The molecule has 1 heterocycles. The summed E-state index contributed by atoms with van der Waals surface area (Å²) in [6, 6.07) is 2.02. The molecule has 0 spiro atoms. The first-order valence-corrected chi connectivity index (χ1v) is 4.58. The molecular formula is C10H15N3O. The van der Waals surface area contributed by atoms with E-state index in [1.54, 1.807) is 17.0 Å². The summed E-state index contributed by atoms with van der Waals surface area (Å²) in [4.78, 5) is 3.90. The van der Waals surface area contributed by atoms with Crippen LogP contribution in [0.2, 0.25) is 0 Å². The maximum Gasteiger partial charge on any atom is 0.212 e. The second-order valence-electron chi connectivity index (χ2n) is 4.02. The van der Waals surface area contributed by atoms with Crippen molar-refractivity contribution < 1.29 is 4.74 Å². The molecule has 14 heavy (non-hydrogen) atoms. The van der Waals surface area contributed by atoms with Gasteiger partial charge in [-0.1, -0.05) is 0 Å². The summed E-state index contributed by atoms with van der Waals surface area (Å²) in [5, 5.41) is 8.69. The van der Waals surface area contributed by atoms with Gasteiger partial charge in [-0.05, 0) is 20.8 Å². The van der Waals surface area contributed by atoms with Crippen LogP contribution < -0.4 is 0 Å². The van der Waals surface area contributed by atoms with Gasteiger partial charge in [0.2, 0.25) is 5.82 Å². The molecule has 0 aliphatic rings. The van der Waals surface area contributed by atoms with Gasteiger partial charge in [0, 0.05) is 18.9 Å². The van der Waals surface area contributed by atoms with Gasteiger partial charge in [-0.2, -0.15) is 5.26 Å². The summed E-state index contributed by atoms with van der Waals surface area (Å²) >= 11 is 0. The molecule has 4 nitrogen and oxygen atoms in total. The molecule has 0 unspecified atom stereocenters. The molecule has 0 saturated carbocycles. The Labute approximate surface area is 84.1 Å². The molecule has 0 atom stereocenters. The van der Waals surface area contributed by atoms with E-state index in [0.717, 1.165) is 0 Å². The molecule has 0 N–H and O–H groups in total. The zero-order valence-electron chi connectivity index (χ0n) is 8.82. The zero-order valence-corrected chi connectivity index (χ0v) is 8.82. The molecule has 0 amide bonds. The fraction of sp³-hybridized carbons (Fsp3) is 0.600. The zero-order chi connectivity index (χ0) is 10.6. The van der Waals surface area contributed by atoms with E-state index in [0.29, 0.717) is 19.0 Å². The first kappa shape index (κ1) is 10.7. The van der Waals surface area contributed by atoms with E-state index < -0.39 is 0 Å². The van der Waals surface area contributed by atoms with Crippen LogP contribution in [0.25, 0.3) is 0 Å². The summed E-state index contributed by atoms with van der Waals surface area (Å²) < 4.78 is 7.33. The van der Waals surface area contributed by atoms with Crippen molar-refractivity contribution in [2.45, 2.75) is 32.9 Å². The number of ether oxygens (including phenoxy) is 1. The van der Waals surface area contributed by atoms with Gasteiger partial charge in [0.25, 0.3) is 0 Å². The molecule has 1 rings (SSSR count). The number of aromatic nitrogens is 2. The molecule has 0 aliphatic heterocycles. The minimum atomic E-state index is -0.132. The van der Waals surface area contributed by atoms with E-state index in [9.17, 15) is 0 Å². The van der Waals surface area contributed by atoms with Gasteiger partial charge < -0.3 is 9.30 Å². The number of rotatable bonds is 3. The lowest BCUT2D eigenvalue weighted by molar-refractivity contribution is -0.00690. The summed E-state index contributed by atoms with van der Waals surface area (Å²) in [5.41, 5.74) is -0.132. The standard InChI is InChI=1S/C10H15N3O/c1-10(2,3)14-7-6-13-5-4-12-9(13)8-11/h4-5H,6-7H2,1-3H3. The molecule has 76 valence electrons. The number of nitriles is 1. The van der Waals surface area contributed by atoms with Crippen molar-refractivity contribution in [1.29, 1.82) is 5.26 Å². The SMILES string of the molecule is CC(C)(C)OCCn1ccnc1C#N. The Bertz CT molecular complexity index is 330. The van der Waals surface area contributed by atoms with Gasteiger partial charge in [0.15, 0.2) is 0 Å². The van der Waals surface area contributed by atoms with Crippen molar-refractivity contribution in [1.82, 2.24) is 9.55 Å². The summed E-state index contributed by atoms with van der Waals surface area (Å²) in [7, 11) is 0. The van der Waals surface area contributed by atoms with Crippen molar-refractivity contribution in [3.05, 3.63) is 18.2 Å². The van der Waals surface area contributed by atoms with Gasteiger partial charge in [-0.3, -0.25) is 0 Å². The second kappa shape index (κ2) is 4.25. The van der Waals surface area contributed by atoms with Crippen LogP contribution in [0.15, 0.2) is 12.4 Å². The molecule has 1 aromatic rings. The molecule has 0 saturated heterocycles. The first-order valence-electron chi connectivity index (χ1n) is 4.58. The number of nitrogens with zero attached hydrogens (tertiary/aromatic N) is 3. The molecule has 0 fully saturated rings. The van der Waals surface area contributed by atoms with Crippen LogP contribution in [0.5, 0.6) is 0 Å². The maximum absolute atomic E-state index is 8.69. The predicted octanol–water partition coefficient (Wildman–Crippen LogP) is 1.57. The third kappa shape index (κ3) is 3.19. The second-order valence-corrected chi connectivity index (χ2v) is 4.02. The Morgan fingerprint density at radius 1 is 1.57 bits per heavy atom. The Kier molecular flexibility index (Phi) is 3.26. The highest BCUT2D eigenvalue weighted by atomic mass is 16.5. The molecule has 4 heteroatoms. The number of imidazole rings is 1. The van der Waals surface area contributed by atoms with E-state index in [4.69, 9.17) is 10.00 Å². The van der Waals surface area contributed by atoms with Crippen molar-refractivity contribution in [2.24, 2.45) is 0 Å². The van der Waals surface area contributed by atoms with Crippen LogP contribution in [0, 0.1) is 11.3 Å². The van der Waals surface area contributed by atoms with E-state index in [1.807, 2.05) is 26.8 Å². The van der Waals surface area contributed by atoms with E-state index in [2.05, 4.69) is 4.98 Å². The quantitative estimate of drug-likeness (QED) is 0.732. The highest BCUT2D eigenvalue weighted by Crippen LogP contribution is 2.06. The summed E-state index contributed by atoms with van der Waals surface area (Å²) in [5.74, 6) is 0.433. The van der Waals surface area contributed by atoms with Gasteiger partial charge in [-0.15, -0.1) is 0 Å². The van der Waals surface area contributed by atoms with Gasteiger partial charge in [0.1, 0.15) is 6.07 Å². The molecule has 1 aromatic heterocycles. The van der Waals surface area contributed by atoms with Crippen molar-refractivity contribution in [3.8, 4) is 6.07 Å². The Balaban J connectivity index is 2.43. The van der Waals surface area contributed by atoms with E-state index >= 15 is 0 Å². The number of hydrogen-bond acceptors (Lipinski definition) is 3. The fourth-order valence-electron chi connectivity index (χ4n) is 1.05. The Morgan fingerprint density at radius 3 is 2.86 bits per heavy atom. The average molecular weight is 193 g/mol. The summed E-state index contributed by atoms with van der Waals surface area (Å²) in [6.45, 7) is 7.28. The third-order valence-electron chi connectivity index (χ3n) is 1.68. The minimum absolute atomic E-state index is 0.132. The van der Waals surface area contributed by atoms with E-state index in [1.165, 1.54) is 0 Å². The third-order valence-corrected chi connectivity index (χ3v) is 1.68. The van der Waals surface area contributed by atoms with Crippen LogP contribution in [0.1, 0.15) is 26.6 Å². The minimum Gasteiger partial charge on any atom is -0.374 e. The maximum atomic E-state index is 8.69. The smallest absolute Gasteiger partial charge is 0.212 e. The van der Waals surface area contributed by atoms with Crippen LogP contribution in [-0.2, 0) is 11.3 Å². The molecule has 0 radical (unpaired) electrons. The predicted molar refractivity (Wildman–Crippen MR) is 52.6 cm³/mol. The first-order chi connectivity index (χ1) is 6.53. The highest BCUT2D eigenvalue weighted by molar-refractivity contribution is 5.10. The van der Waals surface area contributed by atoms with Crippen molar-refractivity contribution in [3.63, 3.8) is 0 Å². The van der Waals surface area contributed by atoms with Gasteiger partial charge >= 0.3 is 0 Å². The van der Waals surface area contributed by atoms with E-state index in [-0.39, 0.29) is 5.60 Å². The molecule has 0 aromatic carbocycles. The topological polar surface area (TPSA) is 50.8 Å². The van der Waals surface area contributed by atoms with Crippen LogP contribution in [0.3, 0.4) is 0 Å². The largest absolute Gasteiger partial charge is 0.374 e. The lowest BCUT2D eigenvalue weighted by atomic mass is 10.2. The normalized spacial score (nSPS) is 11.3. The van der Waals surface area contributed by atoms with Crippen molar-refractivity contribution in [2.75, 3.05) is 6.61 Å². The van der Waals surface area contributed by atoms with Crippen LogP contribution in [-0.4, -0.2) is 21.8 Å². The molecular weight excluding hydrogens is 178 g/mol. The van der Waals surface area contributed by atoms with Gasteiger partial charge in [0.05, 0.1) is 12.2 Å². The lowest BCUT2D eigenvalue weighted by Gasteiger charge is -2.19. The van der Waals surface area contributed by atoms with Crippen LogP contribution in [0.4, 0.5) is 0 Å². The van der Waals surface area contributed by atoms with Gasteiger partial charge in [-0.25, -0.2) is 4.98 Å². The Morgan fingerprint density at radius 2 is 2.29 bits per heavy atom.